The van der Waals surface area contributed by atoms with Crippen molar-refractivity contribution in [3.05, 3.63) is 29.3 Å². The average molecular weight is 294 g/mol. The van der Waals surface area contributed by atoms with Crippen LogP contribution in [0.5, 0.6) is 40.2 Å². The fraction of sp³-hybridized carbons (Fsp3) is 0. The Bertz CT molecular complexity index is 727. The first-order valence-electron chi connectivity index (χ1n) is 5.50. The molecule has 0 fully saturated rings. The minimum absolute atomic E-state index is 0.331. The maximum atomic E-state index is 12.1. The lowest BCUT2D eigenvalue weighted by molar-refractivity contribution is 0.103. The molecular formula is C13H10O8. The second-order valence-electron chi connectivity index (χ2n) is 4.18. The largest absolute Gasteiger partial charge is 0.504 e. The fourth-order valence-corrected chi connectivity index (χ4v) is 1.70. The van der Waals surface area contributed by atoms with E-state index in [1.165, 1.54) is 0 Å². The summed E-state index contributed by atoms with van der Waals surface area (Å²) in [6.45, 7) is 0. The minimum Gasteiger partial charge on any atom is -0.504 e. The maximum absolute atomic E-state index is 12.1. The van der Waals surface area contributed by atoms with Gasteiger partial charge in [0.05, 0.1) is 5.56 Å². The van der Waals surface area contributed by atoms with Gasteiger partial charge in [0, 0.05) is 5.56 Å². The van der Waals surface area contributed by atoms with Crippen LogP contribution in [-0.2, 0) is 0 Å². The smallest absolute Gasteiger partial charge is 0.205 e. The third-order valence-electron chi connectivity index (χ3n) is 2.80. The molecule has 0 unspecified atom stereocenters. The van der Waals surface area contributed by atoms with Crippen LogP contribution >= 0.6 is 0 Å². The summed E-state index contributed by atoms with van der Waals surface area (Å²) < 4.78 is 0. The van der Waals surface area contributed by atoms with Crippen LogP contribution in [-0.4, -0.2) is 41.5 Å². The minimum atomic E-state index is -1.09. The Balaban J connectivity index is 2.61. The summed E-state index contributed by atoms with van der Waals surface area (Å²) in [5.41, 5.74) is -0.908. The Morgan fingerprint density at radius 3 is 1.62 bits per heavy atom. The molecule has 7 N–H and O–H groups in total. The van der Waals surface area contributed by atoms with Crippen LogP contribution in [0.2, 0.25) is 0 Å². The van der Waals surface area contributed by atoms with Gasteiger partial charge in [-0.1, -0.05) is 0 Å². The molecule has 0 radical (unpaired) electrons. The summed E-state index contributed by atoms with van der Waals surface area (Å²) in [5, 5.41) is 65.4. The number of aromatic hydroxyl groups is 7. The van der Waals surface area contributed by atoms with Gasteiger partial charge >= 0.3 is 0 Å². The number of carbonyl (C=O) groups excluding carboxylic acids is 1. The van der Waals surface area contributed by atoms with Gasteiger partial charge in [-0.15, -0.1) is 0 Å². The van der Waals surface area contributed by atoms with E-state index in [2.05, 4.69) is 0 Å². The predicted octanol–water partition coefficient (Wildman–Crippen LogP) is 0.857. The molecule has 8 heteroatoms. The third-order valence-corrected chi connectivity index (χ3v) is 2.80. The molecule has 0 amide bonds. The highest BCUT2D eigenvalue weighted by molar-refractivity contribution is 6.12. The number of ketones is 1. The van der Waals surface area contributed by atoms with Gasteiger partial charge in [0.2, 0.25) is 11.5 Å². The Morgan fingerprint density at radius 1 is 0.619 bits per heavy atom. The molecule has 2 rings (SSSR count). The lowest BCUT2D eigenvalue weighted by Gasteiger charge is -2.10. The van der Waals surface area contributed by atoms with Crippen molar-refractivity contribution in [2.24, 2.45) is 0 Å². The molecular weight excluding hydrogens is 284 g/mol. The molecule has 8 nitrogen and oxygen atoms in total. The molecule has 0 atom stereocenters. The first-order chi connectivity index (χ1) is 9.73. The van der Waals surface area contributed by atoms with E-state index in [1.807, 2.05) is 0 Å². The number of phenols is 7. The lowest BCUT2D eigenvalue weighted by atomic mass is 10.0. The monoisotopic (exact) mass is 294 g/mol. The molecule has 0 aliphatic heterocycles. The summed E-state index contributed by atoms with van der Waals surface area (Å²) in [5.74, 6) is -7.28. The van der Waals surface area contributed by atoms with Crippen LogP contribution in [0.25, 0.3) is 0 Å². The summed E-state index contributed by atoms with van der Waals surface area (Å²) in [6, 6.07) is 2.34. The van der Waals surface area contributed by atoms with Crippen molar-refractivity contribution < 1.29 is 40.5 Å². The van der Waals surface area contributed by atoms with E-state index in [4.69, 9.17) is 0 Å². The molecule has 0 aliphatic carbocycles. The standard InChI is InChI=1S/C13H10O8/c14-6-1-4(2-7(15)11(6)19)9(17)5-3-8(16)12(20)13(21)10(5)18/h1-3,14-16,18-21H. The van der Waals surface area contributed by atoms with Crippen LogP contribution < -0.4 is 0 Å². The van der Waals surface area contributed by atoms with E-state index in [-0.39, 0.29) is 5.56 Å². The normalized spacial score (nSPS) is 10.5. The van der Waals surface area contributed by atoms with Gasteiger partial charge in [-0.25, -0.2) is 0 Å². The highest BCUT2D eigenvalue weighted by Crippen LogP contribution is 2.45. The van der Waals surface area contributed by atoms with Gasteiger partial charge in [-0.2, -0.15) is 0 Å². The number of rotatable bonds is 2. The summed E-state index contributed by atoms with van der Waals surface area (Å²) in [7, 11) is 0. The van der Waals surface area contributed by atoms with Gasteiger partial charge in [0.1, 0.15) is 0 Å². The van der Waals surface area contributed by atoms with Gasteiger partial charge in [-0.05, 0) is 18.2 Å². The molecule has 0 saturated heterocycles. The summed E-state index contributed by atoms with van der Waals surface area (Å²) in [6.07, 6.45) is 0. The summed E-state index contributed by atoms with van der Waals surface area (Å²) in [4.78, 5) is 12.1. The summed E-state index contributed by atoms with van der Waals surface area (Å²) >= 11 is 0. The van der Waals surface area contributed by atoms with E-state index in [1.54, 1.807) is 0 Å². The van der Waals surface area contributed by atoms with Crippen LogP contribution in [0, 0.1) is 0 Å². The van der Waals surface area contributed by atoms with Crippen LogP contribution in [0.4, 0.5) is 0 Å². The Labute approximate surface area is 117 Å². The van der Waals surface area contributed by atoms with Crippen molar-refractivity contribution in [3.8, 4) is 40.2 Å². The van der Waals surface area contributed by atoms with Crippen molar-refractivity contribution in [1.82, 2.24) is 0 Å². The zero-order valence-electron chi connectivity index (χ0n) is 10.3. The van der Waals surface area contributed by atoms with E-state index in [0.717, 1.165) is 12.1 Å². The van der Waals surface area contributed by atoms with E-state index in [0.29, 0.717) is 6.07 Å². The van der Waals surface area contributed by atoms with Crippen LogP contribution in [0.15, 0.2) is 18.2 Å². The molecule has 2 aromatic carbocycles. The van der Waals surface area contributed by atoms with Crippen molar-refractivity contribution in [2.45, 2.75) is 0 Å². The molecule has 0 heterocycles. The molecule has 110 valence electrons. The predicted molar refractivity (Wildman–Crippen MR) is 68.0 cm³/mol. The number of carbonyl (C=O) groups is 1. The van der Waals surface area contributed by atoms with E-state index >= 15 is 0 Å². The topological polar surface area (TPSA) is 159 Å². The molecule has 0 bridgehead atoms. The molecule has 0 aliphatic rings. The lowest BCUT2D eigenvalue weighted by Crippen LogP contribution is -2.02. The zero-order valence-corrected chi connectivity index (χ0v) is 10.3. The van der Waals surface area contributed by atoms with Crippen molar-refractivity contribution in [3.63, 3.8) is 0 Å². The first-order valence-corrected chi connectivity index (χ1v) is 5.50. The van der Waals surface area contributed by atoms with Crippen molar-refractivity contribution in [1.29, 1.82) is 0 Å². The molecule has 0 saturated carbocycles. The van der Waals surface area contributed by atoms with Gasteiger partial charge < -0.3 is 35.7 Å². The zero-order chi connectivity index (χ0) is 15.9. The average Bonchev–Trinajstić information content (AvgIpc) is 2.45. The second-order valence-corrected chi connectivity index (χ2v) is 4.18. The van der Waals surface area contributed by atoms with Gasteiger partial charge in [0.25, 0.3) is 0 Å². The molecule has 2 aromatic rings. The SMILES string of the molecule is O=C(c1cc(O)c(O)c(O)c1)c1cc(O)c(O)c(O)c1O. The van der Waals surface area contributed by atoms with Gasteiger partial charge in [-0.3, -0.25) is 4.79 Å². The number of phenolic OH excluding ortho intramolecular Hbond substituents is 7. The van der Waals surface area contributed by atoms with E-state index < -0.39 is 51.6 Å². The van der Waals surface area contributed by atoms with Crippen LogP contribution in [0.3, 0.4) is 0 Å². The van der Waals surface area contributed by atoms with Gasteiger partial charge in [0.15, 0.2) is 34.5 Å². The highest BCUT2D eigenvalue weighted by atomic mass is 16.3. The number of hydrogen-bond acceptors (Lipinski definition) is 8. The molecule has 0 spiro atoms. The fourth-order valence-electron chi connectivity index (χ4n) is 1.70. The van der Waals surface area contributed by atoms with E-state index in [9.17, 15) is 40.5 Å². The van der Waals surface area contributed by atoms with Crippen molar-refractivity contribution >= 4 is 5.78 Å². The quantitative estimate of drug-likeness (QED) is 0.244. The molecule has 0 aromatic heterocycles. The maximum Gasteiger partial charge on any atom is 0.205 e. The first kappa shape index (κ1) is 14.1. The van der Waals surface area contributed by atoms with Crippen molar-refractivity contribution in [2.75, 3.05) is 0 Å². The van der Waals surface area contributed by atoms with Crippen LogP contribution in [0.1, 0.15) is 15.9 Å². The number of benzene rings is 2. The Hall–Kier alpha value is -3.29. The third kappa shape index (κ3) is 2.18. The molecule has 21 heavy (non-hydrogen) atoms. The Morgan fingerprint density at radius 2 is 1.10 bits per heavy atom. The Kier molecular flexibility index (Phi) is 3.14. The second kappa shape index (κ2) is 4.67. The number of hydrogen-bond donors (Lipinski definition) is 7. The highest BCUT2D eigenvalue weighted by Gasteiger charge is 2.23.